The molecule has 2 aliphatic rings. The lowest BCUT2D eigenvalue weighted by molar-refractivity contribution is -0.177. The normalized spacial score (nSPS) is 20.1. The number of fused-ring (bicyclic) bond motifs is 1. The maximum Gasteiger partial charge on any atom is 0.518 e. The van der Waals surface area contributed by atoms with E-state index in [1.54, 1.807) is 51.1 Å². The average Bonchev–Trinajstić information content (AvgIpc) is 2.78. The fourth-order valence-electron chi connectivity index (χ4n) is 3.07. The maximum atomic E-state index is 12.1. The van der Waals surface area contributed by atoms with Crippen LogP contribution in [-0.4, -0.2) is 73.1 Å². The van der Waals surface area contributed by atoms with Gasteiger partial charge in [0.2, 0.25) is 18.1 Å². The van der Waals surface area contributed by atoms with Crippen molar-refractivity contribution in [1.82, 2.24) is 4.90 Å². The predicted molar refractivity (Wildman–Crippen MR) is 134 cm³/mol. The van der Waals surface area contributed by atoms with Gasteiger partial charge in [-0.2, -0.15) is 8.42 Å². The van der Waals surface area contributed by atoms with Crippen LogP contribution in [0.25, 0.3) is 0 Å². The first-order valence-electron chi connectivity index (χ1n) is 11.1. The molecule has 0 aliphatic carbocycles. The maximum absolute atomic E-state index is 12.1. The topological polar surface area (TPSA) is 172 Å². The first kappa shape index (κ1) is 30.6. The van der Waals surface area contributed by atoms with Gasteiger partial charge in [-0.25, -0.2) is 4.79 Å². The van der Waals surface area contributed by atoms with Gasteiger partial charge in [0.05, 0.1) is 12.0 Å². The van der Waals surface area contributed by atoms with E-state index in [-0.39, 0.29) is 29.5 Å². The second kappa shape index (κ2) is 12.7. The number of methoxy groups -OCH3 is 1. The molecule has 3 N–H and O–H groups in total. The monoisotopic (exact) mass is 560 g/mol. The number of carbonyl (C=O) groups is 3. The van der Waals surface area contributed by atoms with E-state index in [1.165, 1.54) is 30.7 Å². The highest BCUT2D eigenvalue weighted by Crippen LogP contribution is 2.39. The fourth-order valence-corrected chi connectivity index (χ4v) is 4.94. The molecule has 14 heteroatoms. The van der Waals surface area contributed by atoms with Gasteiger partial charge in [-0.3, -0.25) is 19.0 Å². The highest BCUT2D eigenvalue weighted by Gasteiger charge is 2.51. The van der Waals surface area contributed by atoms with Gasteiger partial charge in [-0.05, 0) is 26.3 Å². The number of nitrogens with zero attached hydrogens (tertiary/aromatic N) is 1. The molecule has 0 saturated carbocycles. The van der Waals surface area contributed by atoms with E-state index in [0.717, 1.165) is 0 Å². The minimum Gasteiger partial charge on any atom is -0.425 e. The molecule has 0 aromatic heterocycles. The first-order valence-corrected chi connectivity index (χ1v) is 13.8. The summed E-state index contributed by atoms with van der Waals surface area (Å²) < 4.78 is 49.5. The minimum absolute atomic E-state index is 0.0710. The number of nitrogens with two attached hydrogens (primary N) is 1. The number of thioether (sulfide) groups is 1. The van der Waals surface area contributed by atoms with Crippen LogP contribution >= 0.6 is 11.8 Å². The molecule has 1 saturated heterocycles. The van der Waals surface area contributed by atoms with Crippen molar-refractivity contribution < 1.29 is 46.3 Å². The number of rotatable bonds is 7. The summed E-state index contributed by atoms with van der Waals surface area (Å²) in [6.45, 7) is 6.64. The Morgan fingerprint density at radius 3 is 2.38 bits per heavy atom. The Bertz CT molecular complexity index is 1120. The summed E-state index contributed by atoms with van der Waals surface area (Å²) in [6.07, 6.45) is -2.22. The standard InChI is InChI=1S/C16H24N2O7S.C7H8O3S/c1-8(23-14(20)16(2,3)4)24-15(21)25-12-9(6-22-5)7-26-13-10(17)11(19)18(12)13;8-11(9,10)6-7-4-2-1-3-5-7/h8,10,13H,6-7,17H2,1-5H3;1-5H,6H2,(H,8,9,10)/t8?,10?,13-;/m0./s1. The van der Waals surface area contributed by atoms with Gasteiger partial charge in [0, 0.05) is 25.4 Å². The summed E-state index contributed by atoms with van der Waals surface area (Å²) in [5.41, 5.74) is 6.26. The van der Waals surface area contributed by atoms with Crippen molar-refractivity contribution in [1.29, 1.82) is 0 Å². The first-order chi connectivity index (χ1) is 17.1. The van der Waals surface area contributed by atoms with Crippen LogP contribution in [-0.2, 0) is 44.4 Å². The van der Waals surface area contributed by atoms with Crippen LogP contribution in [0.1, 0.15) is 33.3 Å². The van der Waals surface area contributed by atoms with E-state index in [0.29, 0.717) is 16.9 Å². The molecule has 1 amide bonds. The van der Waals surface area contributed by atoms with Crippen LogP contribution in [0.3, 0.4) is 0 Å². The van der Waals surface area contributed by atoms with Crippen LogP contribution in [0.5, 0.6) is 0 Å². The molecule has 0 spiro atoms. The van der Waals surface area contributed by atoms with Crippen LogP contribution in [0.2, 0.25) is 0 Å². The van der Waals surface area contributed by atoms with Crippen LogP contribution < -0.4 is 5.73 Å². The summed E-state index contributed by atoms with van der Waals surface area (Å²) in [6, 6.07) is 7.89. The smallest absolute Gasteiger partial charge is 0.425 e. The molecule has 1 aromatic carbocycles. The summed E-state index contributed by atoms with van der Waals surface area (Å²) in [5, 5.41) is -0.290. The summed E-state index contributed by atoms with van der Waals surface area (Å²) >= 11 is 1.47. The van der Waals surface area contributed by atoms with Gasteiger partial charge in [0.15, 0.2) is 0 Å². The zero-order chi connectivity index (χ0) is 28.0. The van der Waals surface area contributed by atoms with Crippen molar-refractivity contribution in [2.45, 2.75) is 51.2 Å². The van der Waals surface area contributed by atoms with Crippen LogP contribution in [0.4, 0.5) is 4.79 Å². The molecule has 3 atom stereocenters. The molecule has 0 radical (unpaired) electrons. The van der Waals surface area contributed by atoms with E-state index in [1.807, 2.05) is 0 Å². The number of hydrogen-bond donors (Lipinski definition) is 2. The summed E-state index contributed by atoms with van der Waals surface area (Å²) in [7, 11) is -2.38. The second-order valence-electron chi connectivity index (χ2n) is 9.18. The Morgan fingerprint density at radius 2 is 1.84 bits per heavy atom. The fraction of sp³-hybridized carbons (Fsp3) is 0.522. The predicted octanol–water partition coefficient (Wildman–Crippen LogP) is 2.25. The lowest BCUT2D eigenvalue weighted by Gasteiger charge is -2.47. The summed E-state index contributed by atoms with van der Waals surface area (Å²) in [5.74, 6) is -0.594. The minimum atomic E-state index is -3.88. The number of β-lactam (4-membered cyclic amide) rings is 1. The molecule has 1 aromatic rings. The van der Waals surface area contributed by atoms with E-state index >= 15 is 0 Å². The lowest BCUT2D eigenvalue weighted by Crippen LogP contribution is -2.68. The van der Waals surface area contributed by atoms with Gasteiger partial charge in [-0.1, -0.05) is 30.3 Å². The van der Waals surface area contributed by atoms with Crippen molar-refractivity contribution >= 4 is 39.9 Å². The Labute approximate surface area is 220 Å². The zero-order valence-corrected chi connectivity index (χ0v) is 22.8. The number of esters is 1. The van der Waals surface area contributed by atoms with Crippen molar-refractivity contribution in [3.63, 3.8) is 0 Å². The van der Waals surface area contributed by atoms with Crippen LogP contribution in [0.15, 0.2) is 41.8 Å². The van der Waals surface area contributed by atoms with Crippen molar-refractivity contribution in [2.75, 3.05) is 19.5 Å². The molecule has 3 rings (SSSR count). The third-order valence-corrected chi connectivity index (χ3v) is 6.93. The molecule has 12 nitrogen and oxygen atoms in total. The molecule has 2 aliphatic heterocycles. The number of benzene rings is 1. The number of amides is 1. The van der Waals surface area contributed by atoms with Crippen molar-refractivity contribution in [2.24, 2.45) is 11.1 Å². The quantitative estimate of drug-likeness (QED) is 0.216. The second-order valence-corrected chi connectivity index (χ2v) is 11.7. The third kappa shape index (κ3) is 9.00. The van der Waals surface area contributed by atoms with Gasteiger partial charge >= 0.3 is 12.1 Å². The average molecular weight is 561 g/mol. The van der Waals surface area contributed by atoms with Crippen molar-refractivity contribution in [3.8, 4) is 0 Å². The molecule has 2 heterocycles. The molecule has 1 fully saturated rings. The number of hydrogen-bond acceptors (Lipinski definition) is 11. The molecular weight excluding hydrogens is 528 g/mol. The Hall–Kier alpha value is -2.65. The van der Waals surface area contributed by atoms with Gasteiger partial charge in [-0.15, -0.1) is 11.8 Å². The molecule has 206 valence electrons. The number of ether oxygens (including phenoxy) is 4. The molecular formula is C23H32N2O10S2. The third-order valence-electron chi connectivity index (χ3n) is 4.87. The van der Waals surface area contributed by atoms with E-state index in [4.69, 9.17) is 29.2 Å². The van der Waals surface area contributed by atoms with Crippen LogP contribution in [0, 0.1) is 5.41 Å². The molecule has 2 unspecified atom stereocenters. The Balaban J connectivity index is 0.000000364. The SMILES string of the molecule is COCC1=C(OC(=O)OC(C)OC(=O)C(C)(C)C)N2C(=O)C(N)[C@@H]2SC1.O=S(=O)(O)Cc1ccccc1. The Morgan fingerprint density at radius 1 is 1.22 bits per heavy atom. The van der Waals surface area contributed by atoms with E-state index in [2.05, 4.69) is 0 Å². The van der Waals surface area contributed by atoms with E-state index < -0.39 is 40.0 Å². The highest BCUT2D eigenvalue weighted by molar-refractivity contribution is 8.00. The lowest BCUT2D eigenvalue weighted by atomic mass is 9.97. The molecule has 37 heavy (non-hydrogen) atoms. The zero-order valence-electron chi connectivity index (χ0n) is 21.2. The van der Waals surface area contributed by atoms with Crippen molar-refractivity contribution in [3.05, 3.63) is 47.4 Å². The highest BCUT2D eigenvalue weighted by atomic mass is 32.2. The number of carbonyl (C=O) groups excluding carboxylic acids is 3. The van der Waals surface area contributed by atoms with Gasteiger partial charge in [0.1, 0.15) is 17.2 Å². The summed E-state index contributed by atoms with van der Waals surface area (Å²) in [4.78, 5) is 37.2. The van der Waals surface area contributed by atoms with E-state index in [9.17, 15) is 22.8 Å². The largest absolute Gasteiger partial charge is 0.518 e. The van der Waals surface area contributed by atoms with Gasteiger partial charge in [0.25, 0.3) is 10.1 Å². The van der Waals surface area contributed by atoms with Gasteiger partial charge < -0.3 is 24.7 Å². The Kier molecular flexibility index (Phi) is 10.5. The molecule has 0 bridgehead atoms.